The highest BCUT2D eigenvalue weighted by Gasteiger charge is 2.26. The van der Waals surface area contributed by atoms with E-state index in [0.717, 1.165) is 70.2 Å². The molecule has 0 aromatic heterocycles. The van der Waals surface area contributed by atoms with Crippen LogP contribution in [0.15, 0.2) is 36.4 Å². The van der Waals surface area contributed by atoms with Crippen LogP contribution in [0.25, 0.3) is 32.3 Å². The maximum atomic E-state index is 7.02. The van der Waals surface area contributed by atoms with Gasteiger partial charge in [0.15, 0.2) is 23.0 Å². The number of ether oxygens (including phenoxy) is 4. The Balaban J connectivity index is 1.47. The van der Waals surface area contributed by atoms with Gasteiger partial charge in [-0.25, -0.2) is 0 Å². The lowest BCUT2D eigenvalue weighted by atomic mass is 9.91. The first-order valence-electron chi connectivity index (χ1n) is 34.0. The van der Waals surface area contributed by atoms with E-state index < -0.39 is 0 Å². The Morgan fingerprint density at radius 1 is 0.197 bits per heavy atom. The number of unbranched alkanes of at least 4 members (excludes halogenated alkanes) is 44. The molecule has 0 N–H and O–H groups in total. The van der Waals surface area contributed by atoms with Crippen LogP contribution in [0.3, 0.4) is 0 Å². The van der Waals surface area contributed by atoms with Gasteiger partial charge in [0.05, 0.1) is 26.4 Å². The van der Waals surface area contributed by atoms with Gasteiger partial charge < -0.3 is 18.9 Å². The molecule has 0 unspecified atom stereocenters. The van der Waals surface area contributed by atoms with Gasteiger partial charge >= 0.3 is 0 Å². The molecular weight excluding hydrogens is 929 g/mol. The molecule has 0 radical (unpaired) electrons. The Bertz CT molecular complexity index is 1650. The first-order valence-corrected chi connectivity index (χ1v) is 34.0. The van der Waals surface area contributed by atoms with Crippen LogP contribution in [0.2, 0.25) is 0 Å². The highest BCUT2D eigenvalue weighted by atomic mass is 16.5. The molecule has 0 amide bonds. The van der Waals surface area contributed by atoms with Crippen LogP contribution in [-0.4, -0.2) is 26.4 Å². The van der Waals surface area contributed by atoms with Crippen molar-refractivity contribution in [1.82, 2.24) is 0 Å². The average molecular weight is 1050 g/mol. The molecule has 0 aliphatic heterocycles. The molecule has 0 aliphatic rings. The van der Waals surface area contributed by atoms with Crippen LogP contribution in [0, 0.1) is 0 Å². The van der Waals surface area contributed by atoms with E-state index in [-0.39, 0.29) is 0 Å². The molecule has 0 spiro atoms. The molecule has 0 fully saturated rings. The van der Waals surface area contributed by atoms with Gasteiger partial charge in [0.25, 0.3) is 0 Å². The van der Waals surface area contributed by atoms with E-state index in [9.17, 15) is 0 Å². The van der Waals surface area contributed by atoms with Crippen LogP contribution < -0.4 is 18.9 Å². The largest absolute Gasteiger partial charge is 0.489 e. The Morgan fingerprint density at radius 3 is 0.500 bits per heavy atom. The molecule has 0 saturated heterocycles. The maximum absolute atomic E-state index is 7.02. The van der Waals surface area contributed by atoms with E-state index in [1.54, 1.807) is 0 Å². The summed E-state index contributed by atoms with van der Waals surface area (Å²) in [5.74, 6) is 3.68. The van der Waals surface area contributed by atoms with Gasteiger partial charge in [-0.3, -0.25) is 0 Å². The first-order chi connectivity index (χ1) is 37.8. The zero-order valence-electron chi connectivity index (χ0n) is 50.9. The van der Waals surface area contributed by atoms with E-state index >= 15 is 0 Å². The molecular formula is C72H122O4. The SMILES string of the molecule is CCCCCCCCCCCCCCOc1c(OCCCCCCCCCCCCCC)c2cccc3c(OCCCCCCCCCCCCCC)c(OCCCCCCCCCCCCCC)c4cccc1c4c23. The van der Waals surface area contributed by atoms with Crippen molar-refractivity contribution in [3.05, 3.63) is 36.4 Å². The molecule has 0 atom stereocenters. The predicted molar refractivity (Wildman–Crippen MR) is 336 cm³/mol. The summed E-state index contributed by atoms with van der Waals surface area (Å²) in [6, 6.07) is 13.6. The van der Waals surface area contributed by atoms with E-state index in [4.69, 9.17) is 18.9 Å². The van der Waals surface area contributed by atoms with Gasteiger partial charge in [0, 0.05) is 32.3 Å². The molecule has 434 valence electrons. The third-order valence-electron chi connectivity index (χ3n) is 16.7. The minimum absolute atomic E-state index is 0.711. The van der Waals surface area contributed by atoms with Crippen molar-refractivity contribution in [1.29, 1.82) is 0 Å². The summed E-state index contributed by atoms with van der Waals surface area (Å²) in [6.45, 7) is 12.1. The summed E-state index contributed by atoms with van der Waals surface area (Å²) in [4.78, 5) is 0. The summed E-state index contributed by atoms with van der Waals surface area (Å²) in [5, 5.41) is 7.05. The third kappa shape index (κ3) is 27.3. The molecule has 4 rings (SSSR count). The fraction of sp³-hybridized carbons (Fsp3) is 0.778. The Labute approximate surface area is 470 Å². The first kappa shape index (κ1) is 65.6. The van der Waals surface area contributed by atoms with E-state index in [2.05, 4.69) is 64.1 Å². The lowest BCUT2D eigenvalue weighted by molar-refractivity contribution is 0.262. The number of hydrogen-bond acceptors (Lipinski definition) is 4. The van der Waals surface area contributed by atoms with Crippen LogP contribution in [0.5, 0.6) is 23.0 Å². The Kier molecular flexibility index (Phi) is 39.7. The molecule has 4 heteroatoms. The smallest absolute Gasteiger partial charge is 0.169 e. The van der Waals surface area contributed by atoms with Crippen LogP contribution in [-0.2, 0) is 0 Å². The summed E-state index contributed by atoms with van der Waals surface area (Å²) < 4.78 is 28.1. The summed E-state index contributed by atoms with van der Waals surface area (Å²) >= 11 is 0. The molecule has 0 heterocycles. The topological polar surface area (TPSA) is 36.9 Å². The van der Waals surface area contributed by atoms with Gasteiger partial charge in [-0.15, -0.1) is 0 Å². The van der Waals surface area contributed by atoms with Gasteiger partial charge in [-0.05, 0) is 25.7 Å². The van der Waals surface area contributed by atoms with Gasteiger partial charge in [0.2, 0.25) is 0 Å². The Morgan fingerprint density at radius 2 is 0.342 bits per heavy atom. The van der Waals surface area contributed by atoms with Gasteiger partial charge in [0.1, 0.15) is 0 Å². The number of hydrogen-bond donors (Lipinski definition) is 0. The zero-order valence-corrected chi connectivity index (χ0v) is 50.9. The predicted octanol–water partition coefficient (Wildman–Crippen LogP) is 24.9. The van der Waals surface area contributed by atoms with Crippen molar-refractivity contribution in [3.63, 3.8) is 0 Å². The fourth-order valence-electron chi connectivity index (χ4n) is 11.9. The lowest BCUT2D eigenvalue weighted by Gasteiger charge is -2.24. The minimum atomic E-state index is 0.711. The van der Waals surface area contributed by atoms with Crippen molar-refractivity contribution >= 4 is 32.3 Å². The number of rotatable bonds is 56. The normalized spacial score (nSPS) is 11.8. The summed E-state index contributed by atoms with van der Waals surface area (Å²) in [7, 11) is 0. The van der Waals surface area contributed by atoms with Crippen molar-refractivity contribution in [2.75, 3.05) is 26.4 Å². The molecule has 4 nitrogen and oxygen atoms in total. The van der Waals surface area contributed by atoms with E-state index in [0.29, 0.717) is 26.4 Å². The zero-order chi connectivity index (χ0) is 53.6. The molecule has 76 heavy (non-hydrogen) atoms. The lowest BCUT2D eigenvalue weighted by Crippen LogP contribution is -2.07. The minimum Gasteiger partial charge on any atom is -0.489 e. The highest BCUT2D eigenvalue weighted by Crippen LogP contribution is 2.53. The Hall–Kier alpha value is -2.88. The van der Waals surface area contributed by atoms with Crippen molar-refractivity contribution in [3.8, 4) is 23.0 Å². The second kappa shape index (κ2) is 45.9. The van der Waals surface area contributed by atoms with Crippen molar-refractivity contribution in [2.45, 2.75) is 336 Å². The average Bonchev–Trinajstić information content (AvgIpc) is 3.51. The monoisotopic (exact) mass is 1050 g/mol. The van der Waals surface area contributed by atoms with Gasteiger partial charge in [-0.1, -0.05) is 347 Å². The van der Waals surface area contributed by atoms with Crippen LogP contribution in [0.4, 0.5) is 0 Å². The molecule has 4 aromatic rings. The molecule has 0 saturated carbocycles. The van der Waals surface area contributed by atoms with Crippen molar-refractivity contribution < 1.29 is 18.9 Å². The highest BCUT2D eigenvalue weighted by molar-refractivity contribution is 6.29. The summed E-state index contributed by atoms with van der Waals surface area (Å²) in [6.07, 6.45) is 64.2. The molecule has 0 aliphatic carbocycles. The summed E-state index contributed by atoms with van der Waals surface area (Å²) in [5.41, 5.74) is 0. The second-order valence-corrected chi connectivity index (χ2v) is 23.7. The molecule has 4 aromatic carbocycles. The van der Waals surface area contributed by atoms with Crippen LogP contribution >= 0.6 is 0 Å². The van der Waals surface area contributed by atoms with Gasteiger partial charge in [-0.2, -0.15) is 0 Å². The quantitative estimate of drug-likeness (QED) is 0.0326. The maximum Gasteiger partial charge on any atom is 0.169 e. The standard InChI is InChI=1S/C72H122O4/c1-5-9-13-17-21-25-29-33-37-41-45-49-59-73-69-63-55-53-57-65-67(63)68-64(70(69)74-60-50-46-42-38-34-30-26-22-18-14-10-6-2)56-54-58-66(68)72(76-62-52-48-44-40-36-32-28-24-20-16-12-8-4)71(65)75-61-51-47-43-39-35-31-27-23-19-15-11-7-3/h53-58H,5-52,59-62H2,1-4H3. The molecule has 0 bridgehead atoms. The van der Waals surface area contributed by atoms with Crippen molar-refractivity contribution in [2.24, 2.45) is 0 Å². The van der Waals surface area contributed by atoms with Crippen LogP contribution in [0.1, 0.15) is 336 Å². The number of benzene rings is 4. The fourth-order valence-corrected chi connectivity index (χ4v) is 11.9. The second-order valence-electron chi connectivity index (χ2n) is 23.7. The van der Waals surface area contributed by atoms with E-state index in [1.807, 2.05) is 0 Å². The third-order valence-corrected chi connectivity index (χ3v) is 16.7. The van der Waals surface area contributed by atoms with E-state index in [1.165, 1.54) is 293 Å².